The SMILES string of the molecule is CC(CCCl)CNC(=O)CC1CCCO1. The van der Waals surface area contributed by atoms with Crippen LogP contribution in [0, 0.1) is 5.92 Å². The number of hydrogen-bond donors (Lipinski definition) is 1. The second-order valence-electron chi connectivity index (χ2n) is 4.23. The van der Waals surface area contributed by atoms with Crippen LogP contribution in [0.4, 0.5) is 0 Å². The Morgan fingerprint density at radius 1 is 1.67 bits per heavy atom. The van der Waals surface area contributed by atoms with E-state index in [1.807, 2.05) is 0 Å². The van der Waals surface area contributed by atoms with Gasteiger partial charge in [-0.2, -0.15) is 0 Å². The van der Waals surface area contributed by atoms with E-state index in [4.69, 9.17) is 16.3 Å². The first-order valence-corrected chi connectivity index (χ1v) is 6.20. The Morgan fingerprint density at radius 3 is 3.07 bits per heavy atom. The van der Waals surface area contributed by atoms with Crippen LogP contribution in [0.1, 0.15) is 32.6 Å². The smallest absolute Gasteiger partial charge is 0.222 e. The largest absolute Gasteiger partial charge is 0.378 e. The number of halogens is 1. The fraction of sp³-hybridized carbons (Fsp3) is 0.909. The van der Waals surface area contributed by atoms with Crippen LogP contribution in [0.3, 0.4) is 0 Å². The van der Waals surface area contributed by atoms with Gasteiger partial charge in [0.2, 0.25) is 5.91 Å². The highest BCUT2D eigenvalue weighted by Gasteiger charge is 2.18. The zero-order valence-electron chi connectivity index (χ0n) is 9.30. The van der Waals surface area contributed by atoms with Crippen molar-refractivity contribution in [1.29, 1.82) is 0 Å². The number of nitrogens with one attached hydrogen (secondary N) is 1. The predicted octanol–water partition coefficient (Wildman–Crippen LogP) is 1.94. The standard InChI is InChI=1S/C11H20ClNO2/c1-9(4-5-12)8-13-11(14)7-10-3-2-6-15-10/h9-10H,2-8H2,1H3,(H,13,14). The fourth-order valence-electron chi connectivity index (χ4n) is 1.66. The van der Waals surface area contributed by atoms with Crippen molar-refractivity contribution in [2.24, 2.45) is 5.92 Å². The molecule has 0 bridgehead atoms. The molecule has 0 spiro atoms. The zero-order valence-corrected chi connectivity index (χ0v) is 10.1. The van der Waals surface area contributed by atoms with Crippen molar-refractivity contribution in [3.8, 4) is 0 Å². The molecule has 2 atom stereocenters. The monoisotopic (exact) mass is 233 g/mol. The first kappa shape index (κ1) is 12.8. The van der Waals surface area contributed by atoms with Gasteiger partial charge in [0.15, 0.2) is 0 Å². The fourth-order valence-corrected chi connectivity index (χ4v) is 2.03. The van der Waals surface area contributed by atoms with Crippen LogP contribution in [-0.2, 0) is 9.53 Å². The number of carbonyl (C=O) groups excluding carboxylic acids is 1. The van der Waals surface area contributed by atoms with Crippen molar-refractivity contribution in [3.63, 3.8) is 0 Å². The van der Waals surface area contributed by atoms with Crippen LogP contribution in [0.25, 0.3) is 0 Å². The summed E-state index contributed by atoms with van der Waals surface area (Å²) < 4.78 is 5.40. The van der Waals surface area contributed by atoms with Gasteiger partial charge in [-0.05, 0) is 25.2 Å². The van der Waals surface area contributed by atoms with E-state index in [1.165, 1.54) is 0 Å². The van der Waals surface area contributed by atoms with Crippen molar-refractivity contribution in [1.82, 2.24) is 5.32 Å². The maximum Gasteiger partial charge on any atom is 0.222 e. The van der Waals surface area contributed by atoms with Crippen molar-refractivity contribution >= 4 is 17.5 Å². The second-order valence-corrected chi connectivity index (χ2v) is 4.60. The Kier molecular flexibility index (Phi) is 6.03. The predicted molar refractivity (Wildman–Crippen MR) is 61.1 cm³/mol. The minimum Gasteiger partial charge on any atom is -0.378 e. The quantitative estimate of drug-likeness (QED) is 0.712. The summed E-state index contributed by atoms with van der Waals surface area (Å²) in [5.74, 6) is 1.21. The highest BCUT2D eigenvalue weighted by Crippen LogP contribution is 2.14. The van der Waals surface area contributed by atoms with E-state index in [2.05, 4.69) is 12.2 Å². The number of rotatable bonds is 6. The van der Waals surface area contributed by atoms with E-state index in [1.54, 1.807) is 0 Å². The molecular formula is C11H20ClNO2. The molecule has 0 aliphatic carbocycles. The molecule has 1 rings (SSSR count). The molecule has 1 heterocycles. The molecule has 1 amide bonds. The molecule has 3 nitrogen and oxygen atoms in total. The average molecular weight is 234 g/mol. The van der Waals surface area contributed by atoms with Crippen LogP contribution in [0.2, 0.25) is 0 Å². The van der Waals surface area contributed by atoms with E-state index in [9.17, 15) is 4.79 Å². The van der Waals surface area contributed by atoms with Crippen molar-refractivity contribution in [2.45, 2.75) is 38.7 Å². The molecule has 0 aromatic carbocycles. The van der Waals surface area contributed by atoms with Gasteiger partial charge < -0.3 is 10.1 Å². The molecule has 1 fully saturated rings. The second kappa shape index (κ2) is 7.07. The minimum absolute atomic E-state index is 0.100. The molecule has 15 heavy (non-hydrogen) atoms. The third-order valence-corrected chi connectivity index (χ3v) is 2.90. The molecule has 2 unspecified atom stereocenters. The van der Waals surface area contributed by atoms with Gasteiger partial charge in [-0.25, -0.2) is 0 Å². The first-order chi connectivity index (χ1) is 7.22. The normalized spacial score (nSPS) is 22.7. The number of ether oxygens (including phenoxy) is 1. The number of alkyl halides is 1. The molecular weight excluding hydrogens is 214 g/mol. The number of carbonyl (C=O) groups is 1. The van der Waals surface area contributed by atoms with E-state index in [0.717, 1.165) is 32.4 Å². The topological polar surface area (TPSA) is 38.3 Å². The van der Waals surface area contributed by atoms with E-state index < -0.39 is 0 Å². The Balaban J connectivity index is 2.07. The summed E-state index contributed by atoms with van der Waals surface area (Å²) in [6, 6.07) is 0. The Bertz CT molecular complexity index is 193. The summed E-state index contributed by atoms with van der Waals surface area (Å²) in [7, 11) is 0. The maximum atomic E-state index is 11.5. The summed E-state index contributed by atoms with van der Waals surface area (Å²) in [5.41, 5.74) is 0. The average Bonchev–Trinajstić information content (AvgIpc) is 2.68. The minimum atomic E-state index is 0.100. The van der Waals surface area contributed by atoms with E-state index in [-0.39, 0.29) is 12.0 Å². The molecule has 1 aliphatic heterocycles. The summed E-state index contributed by atoms with van der Waals surface area (Å²) in [4.78, 5) is 11.5. The van der Waals surface area contributed by atoms with Crippen molar-refractivity contribution < 1.29 is 9.53 Å². The van der Waals surface area contributed by atoms with Crippen molar-refractivity contribution in [2.75, 3.05) is 19.0 Å². The number of hydrogen-bond acceptors (Lipinski definition) is 2. The van der Waals surface area contributed by atoms with Gasteiger partial charge in [0.05, 0.1) is 12.5 Å². The van der Waals surface area contributed by atoms with Crippen LogP contribution >= 0.6 is 11.6 Å². The zero-order chi connectivity index (χ0) is 11.1. The molecule has 1 aliphatic rings. The third kappa shape index (κ3) is 5.38. The molecule has 0 radical (unpaired) electrons. The Labute approximate surface area is 96.5 Å². The van der Waals surface area contributed by atoms with Crippen molar-refractivity contribution in [3.05, 3.63) is 0 Å². The van der Waals surface area contributed by atoms with E-state index >= 15 is 0 Å². The summed E-state index contributed by atoms with van der Waals surface area (Å²) >= 11 is 5.62. The Hall–Kier alpha value is -0.280. The lowest BCUT2D eigenvalue weighted by molar-refractivity contribution is -0.123. The van der Waals surface area contributed by atoms with Crippen LogP contribution in [0.5, 0.6) is 0 Å². The molecule has 0 saturated carbocycles. The van der Waals surface area contributed by atoms with E-state index in [0.29, 0.717) is 18.2 Å². The highest BCUT2D eigenvalue weighted by molar-refractivity contribution is 6.17. The maximum absolute atomic E-state index is 11.5. The molecule has 1 N–H and O–H groups in total. The molecule has 88 valence electrons. The van der Waals surface area contributed by atoms with Gasteiger partial charge in [0, 0.05) is 19.0 Å². The van der Waals surface area contributed by atoms with Gasteiger partial charge in [-0.3, -0.25) is 4.79 Å². The highest BCUT2D eigenvalue weighted by atomic mass is 35.5. The Morgan fingerprint density at radius 2 is 2.47 bits per heavy atom. The lowest BCUT2D eigenvalue weighted by atomic mass is 10.1. The molecule has 0 aromatic heterocycles. The first-order valence-electron chi connectivity index (χ1n) is 5.66. The molecule has 4 heteroatoms. The van der Waals surface area contributed by atoms with Gasteiger partial charge in [-0.1, -0.05) is 6.92 Å². The van der Waals surface area contributed by atoms with Crippen LogP contribution in [-0.4, -0.2) is 31.0 Å². The molecule has 0 aromatic rings. The summed E-state index contributed by atoms with van der Waals surface area (Å²) in [6.45, 7) is 3.62. The molecule has 1 saturated heterocycles. The summed E-state index contributed by atoms with van der Waals surface area (Å²) in [5, 5.41) is 2.92. The van der Waals surface area contributed by atoms with Crippen LogP contribution in [0.15, 0.2) is 0 Å². The number of amides is 1. The lowest BCUT2D eigenvalue weighted by Gasteiger charge is -2.13. The lowest BCUT2D eigenvalue weighted by Crippen LogP contribution is -2.31. The van der Waals surface area contributed by atoms with Gasteiger partial charge in [0.1, 0.15) is 0 Å². The summed E-state index contributed by atoms with van der Waals surface area (Å²) in [6.07, 6.45) is 3.70. The third-order valence-electron chi connectivity index (χ3n) is 2.69. The van der Waals surface area contributed by atoms with Gasteiger partial charge >= 0.3 is 0 Å². The van der Waals surface area contributed by atoms with Gasteiger partial charge in [-0.15, -0.1) is 11.6 Å². The van der Waals surface area contributed by atoms with Gasteiger partial charge in [0.25, 0.3) is 0 Å². The van der Waals surface area contributed by atoms with Crippen LogP contribution < -0.4 is 5.32 Å².